The summed E-state index contributed by atoms with van der Waals surface area (Å²) in [6.45, 7) is 2.82. The van der Waals surface area contributed by atoms with Crippen LogP contribution in [-0.4, -0.2) is 24.5 Å². The van der Waals surface area contributed by atoms with Gasteiger partial charge in [-0.2, -0.15) is 0 Å². The van der Waals surface area contributed by atoms with Crippen molar-refractivity contribution in [1.82, 2.24) is 4.98 Å². The van der Waals surface area contributed by atoms with E-state index in [2.05, 4.69) is 15.6 Å². The predicted octanol–water partition coefficient (Wildman–Crippen LogP) is 5.97. The molecule has 4 aromatic rings. The molecular formula is C28H27N3O2. The Balaban J connectivity index is 1.44. The minimum atomic E-state index is -0.142. The van der Waals surface area contributed by atoms with E-state index in [0.29, 0.717) is 5.56 Å². The van der Waals surface area contributed by atoms with Gasteiger partial charge in [-0.3, -0.25) is 9.78 Å². The summed E-state index contributed by atoms with van der Waals surface area (Å²) in [6.07, 6.45) is 2.66. The van der Waals surface area contributed by atoms with Crippen molar-refractivity contribution in [3.63, 3.8) is 0 Å². The molecule has 0 fully saturated rings. The lowest BCUT2D eigenvalue weighted by atomic mass is 9.99. The molecule has 166 valence electrons. The Labute approximate surface area is 194 Å². The molecule has 3 aromatic carbocycles. The minimum absolute atomic E-state index is 0.142. The first-order valence-electron chi connectivity index (χ1n) is 10.9. The van der Waals surface area contributed by atoms with E-state index in [1.807, 2.05) is 98.0 Å². The van der Waals surface area contributed by atoms with E-state index in [0.717, 1.165) is 52.5 Å². The zero-order valence-corrected chi connectivity index (χ0v) is 18.8. The molecule has 0 saturated carbocycles. The predicted molar refractivity (Wildman–Crippen MR) is 134 cm³/mol. The van der Waals surface area contributed by atoms with Crippen molar-refractivity contribution in [2.45, 2.75) is 13.3 Å². The van der Waals surface area contributed by atoms with Gasteiger partial charge in [-0.1, -0.05) is 36.4 Å². The van der Waals surface area contributed by atoms with Crippen molar-refractivity contribution in [1.29, 1.82) is 0 Å². The van der Waals surface area contributed by atoms with Crippen LogP contribution in [0.3, 0.4) is 0 Å². The number of methoxy groups -OCH3 is 1. The number of pyridine rings is 1. The fraction of sp³-hybridized carbons (Fsp3) is 0.143. The smallest absolute Gasteiger partial charge is 0.256 e. The van der Waals surface area contributed by atoms with E-state index in [-0.39, 0.29) is 5.91 Å². The summed E-state index contributed by atoms with van der Waals surface area (Å²) in [5.41, 5.74) is 6.39. The van der Waals surface area contributed by atoms with Crippen molar-refractivity contribution in [3.8, 4) is 16.9 Å². The molecule has 5 nitrogen and oxygen atoms in total. The van der Waals surface area contributed by atoms with Crippen LogP contribution in [0.15, 0.2) is 91.1 Å². The third kappa shape index (κ3) is 5.57. The Morgan fingerprint density at radius 2 is 1.73 bits per heavy atom. The molecule has 0 aliphatic carbocycles. The van der Waals surface area contributed by atoms with Crippen LogP contribution in [0.4, 0.5) is 11.4 Å². The molecule has 33 heavy (non-hydrogen) atoms. The molecule has 0 unspecified atom stereocenters. The van der Waals surface area contributed by atoms with E-state index in [1.165, 1.54) is 0 Å². The molecule has 1 heterocycles. The summed E-state index contributed by atoms with van der Waals surface area (Å²) >= 11 is 0. The van der Waals surface area contributed by atoms with Gasteiger partial charge in [0.15, 0.2) is 0 Å². The minimum Gasteiger partial charge on any atom is -0.497 e. The van der Waals surface area contributed by atoms with Crippen LogP contribution in [0.25, 0.3) is 11.1 Å². The largest absolute Gasteiger partial charge is 0.497 e. The lowest BCUT2D eigenvalue weighted by Crippen LogP contribution is -2.13. The number of aryl methyl sites for hydroxylation is 1. The van der Waals surface area contributed by atoms with Gasteiger partial charge in [0.05, 0.1) is 7.11 Å². The van der Waals surface area contributed by atoms with Gasteiger partial charge in [-0.25, -0.2) is 0 Å². The molecule has 1 aromatic heterocycles. The molecule has 0 radical (unpaired) electrons. The first-order valence-corrected chi connectivity index (χ1v) is 10.9. The lowest BCUT2D eigenvalue weighted by molar-refractivity contribution is 0.102. The van der Waals surface area contributed by atoms with Crippen molar-refractivity contribution >= 4 is 17.3 Å². The highest BCUT2D eigenvalue weighted by Gasteiger charge is 2.13. The third-order valence-electron chi connectivity index (χ3n) is 5.48. The van der Waals surface area contributed by atoms with Crippen LogP contribution >= 0.6 is 0 Å². The summed E-state index contributed by atoms with van der Waals surface area (Å²) in [5, 5.41) is 6.49. The van der Waals surface area contributed by atoms with Gasteiger partial charge < -0.3 is 15.4 Å². The van der Waals surface area contributed by atoms with Gasteiger partial charge in [-0.15, -0.1) is 0 Å². The van der Waals surface area contributed by atoms with E-state index in [4.69, 9.17) is 4.74 Å². The summed E-state index contributed by atoms with van der Waals surface area (Å²) in [7, 11) is 1.64. The van der Waals surface area contributed by atoms with Gasteiger partial charge in [0.1, 0.15) is 5.75 Å². The number of hydrogen-bond acceptors (Lipinski definition) is 4. The summed E-state index contributed by atoms with van der Waals surface area (Å²) < 4.78 is 5.24. The molecule has 5 heteroatoms. The van der Waals surface area contributed by atoms with E-state index < -0.39 is 0 Å². The van der Waals surface area contributed by atoms with Crippen molar-refractivity contribution in [2.75, 3.05) is 24.3 Å². The van der Waals surface area contributed by atoms with E-state index in [9.17, 15) is 4.79 Å². The summed E-state index contributed by atoms with van der Waals surface area (Å²) in [4.78, 5) is 17.4. The van der Waals surface area contributed by atoms with Crippen LogP contribution in [0, 0.1) is 6.92 Å². The average molecular weight is 438 g/mol. The maximum Gasteiger partial charge on any atom is 0.256 e. The number of nitrogens with one attached hydrogen (secondary N) is 2. The van der Waals surface area contributed by atoms with Crippen LogP contribution < -0.4 is 15.4 Å². The Morgan fingerprint density at radius 3 is 2.45 bits per heavy atom. The molecular weight excluding hydrogens is 410 g/mol. The maximum atomic E-state index is 13.1. The Morgan fingerprint density at radius 1 is 0.939 bits per heavy atom. The van der Waals surface area contributed by atoms with Gasteiger partial charge in [0, 0.05) is 41.8 Å². The molecule has 0 atom stereocenters. The lowest BCUT2D eigenvalue weighted by Gasteiger charge is -2.14. The van der Waals surface area contributed by atoms with Gasteiger partial charge >= 0.3 is 0 Å². The quantitative estimate of drug-likeness (QED) is 0.356. The third-order valence-corrected chi connectivity index (χ3v) is 5.48. The number of benzene rings is 3. The van der Waals surface area contributed by atoms with Crippen LogP contribution in [0.1, 0.15) is 21.6 Å². The number of aromatic nitrogens is 1. The number of nitrogens with zero attached hydrogens (tertiary/aromatic N) is 1. The molecule has 1 amide bonds. The zero-order valence-electron chi connectivity index (χ0n) is 18.8. The van der Waals surface area contributed by atoms with E-state index in [1.54, 1.807) is 7.11 Å². The van der Waals surface area contributed by atoms with Crippen LogP contribution in [0.2, 0.25) is 0 Å². The Bertz CT molecular complexity index is 1220. The second-order valence-electron chi connectivity index (χ2n) is 7.76. The molecule has 0 aliphatic heterocycles. The van der Waals surface area contributed by atoms with E-state index >= 15 is 0 Å². The highest BCUT2D eigenvalue weighted by molar-refractivity contribution is 6.08. The number of carbonyl (C=O) groups is 1. The van der Waals surface area contributed by atoms with Gasteiger partial charge in [0.25, 0.3) is 5.91 Å². The molecule has 2 N–H and O–H groups in total. The number of carbonyl (C=O) groups excluding carboxylic acids is 1. The number of hydrogen-bond donors (Lipinski definition) is 2. The fourth-order valence-electron chi connectivity index (χ4n) is 3.71. The Kier molecular flexibility index (Phi) is 7.00. The normalized spacial score (nSPS) is 10.5. The van der Waals surface area contributed by atoms with Crippen LogP contribution in [-0.2, 0) is 6.42 Å². The van der Waals surface area contributed by atoms with Crippen LogP contribution in [0.5, 0.6) is 5.75 Å². The summed E-state index contributed by atoms with van der Waals surface area (Å²) in [6, 6.07) is 27.2. The Hall–Kier alpha value is -4.12. The summed E-state index contributed by atoms with van der Waals surface area (Å²) in [5.74, 6) is 0.640. The first-order chi connectivity index (χ1) is 16.1. The fourth-order valence-corrected chi connectivity index (χ4v) is 3.71. The highest BCUT2D eigenvalue weighted by Crippen LogP contribution is 2.27. The second-order valence-corrected chi connectivity index (χ2v) is 7.76. The number of ether oxygens (including phenoxy) is 1. The average Bonchev–Trinajstić information content (AvgIpc) is 2.86. The molecule has 0 bridgehead atoms. The second kappa shape index (κ2) is 10.5. The van der Waals surface area contributed by atoms with Gasteiger partial charge in [0.2, 0.25) is 0 Å². The number of anilines is 2. The molecule has 4 rings (SSSR count). The molecule has 0 saturated heterocycles. The maximum absolute atomic E-state index is 13.1. The van der Waals surface area contributed by atoms with Crippen molar-refractivity contribution in [3.05, 3.63) is 108 Å². The first kappa shape index (κ1) is 22.1. The zero-order chi connectivity index (χ0) is 23.0. The van der Waals surface area contributed by atoms with Crippen molar-refractivity contribution < 1.29 is 9.53 Å². The highest BCUT2D eigenvalue weighted by atomic mass is 16.5. The standard InChI is InChI=1S/C28H27N3O2/c1-20-19-23(12-15-27(20)30-18-16-22-7-5-6-17-29-22)31-28(32)26-9-4-3-8-25(26)21-10-13-24(33-2)14-11-21/h3-15,17,19,30H,16,18H2,1-2H3,(H,31,32). The molecule has 0 aliphatic rings. The monoisotopic (exact) mass is 437 g/mol. The number of amides is 1. The topological polar surface area (TPSA) is 63.2 Å². The van der Waals surface area contributed by atoms with Gasteiger partial charge in [-0.05, 0) is 72.1 Å². The number of rotatable bonds is 8. The SMILES string of the molecule is COc1ccc(-c2ccccc2C(=O)Nc2ccc(NCCc3ccccn3)c(C)c2)cc1. The van der Waals surface area contributed by atoms with Crippen molar-refractivity contribution in [2.24, 2.45) is 0 Å². The molecule has 0 spiro atoms.